The third-order valence-corrected chi connectivity index (χ3v) is 3.77. The van der Waals surface area contributed by atoms with Crippen LogP contribution >= 0.6 is 0 Å². The van der Waals surface area contributed by atoms with E-state index in [1.807, 2.05) is 25.2 Å². The molecule has 0 aliphatic heterocycles. The maximum atomic E-state index is 5.59. The smallest absolute Gasteiger partial charge is 0.126 e. The fourth-order valence-electron chi connectivity index (χ4n) is 2.63. The van der Waals surface area contributed by atoms with Gasteiger partial charge < -0.3 is 20.2 Å². The highest BCUT2D eigenvalue weighted by Gasteiger charge is 2.17. The topological polar surface area (TPSA) is 80.9 Å². The molecule has 0 fully saturated rings. The fraction of sp³-hybridized carbons (Fsp3) is 0.353. The minimum absolute atomic E-state index is 0.0518. The van der Waals surface area contributed by atoms with Crippen molar-refractivity contribution in [1.29, 1.82) is 0 Å². The van der Waals surface area contributed by atoms with Crippen LogP contribution in [0.3, 0.4) is 0 Å². The number of hydrazine groups is 1. The minimum Gasteiger partial charge on any atom is -0.496 e. The molecule has 0 aliphatic rings. The first kappa shape index (κ1) is 17.1. The van der Waals surface area contributed by atoms with E-state index in [0.29, 0.717) is 0 Å². The Hall–Kier alpha value is -2.31. The van der Waals surface area contributed by atoms with Crippen LogP contribution in [-0.2, 0) is 0 Å². The lowest BCUT2D eigenvalue weighted by molar-refractivity contribution is 0.403. The van der Waals surface area contributed by atoms with Crippen LogP contribution in [0.5, 0.6) is 11.5 Å². The van der Waals surface area contributed by atoms with Gasteiger partial charge in [-0.15, -0.1) is 0 Å². The quantitative estimate of drug-likeness (QED) is 0.300. The van der Waals surface area contributed by atoms with Gasteiger partial charge in [-0.05, 0) is 43.6 Å². The number of nitrogens with zero attached hydrogens (tertiary/aromatic N) is 1. The van der Waals surface area contributed by atoms with Gasteiger partial charge in [-0.2, -0.15) is 0 Å². The molecule has 0 heterocycles. The predicted molar refractivity (Wildman–Crippen MR) is 94.2 cm³/mol. The zero-order chi connectivity index (χ0) is 16.7. The molecule has 0 saturated heterocycles. The molecule has 2 rings (SSSR count). The highest BCUT2D eigenvalue weighted by Crippen LogP contribution is 2.36. The summed E-state index contributed by atoms with van der Waals surface area (Å²) in [5, 5.41) is 5.26. The SMILES string of the molecule is CNCCC(N=CNN)c1cc2cccc(OC)c2cc1OC. The summed E-state index contributed by atoms with van der Waals surface area (Å²) in [6.07, 6.45) is 2.34. The Morgan fingerprint density at radius 1 is 1.22 bits per heavy atom. The summed E-state index contributed by atoms with van der Waals surface area (Å²) >= 11 is 0. The zero-order valence-electron chi connectivity index (χ0n) is 13.8. The van der Waals surface area contributed by atoms with Gasteiger partial charge in [0.05, 0.1) is 26.6 Å². The molecule has 1 atom stereocenters. The highest BCUT2D eigenvalue weighted by molar-refractivity contribution is 5.90. The first-order valence-corrected chi connectivity index (χ1v) is 7.52. The van der Waals surface area contributed by atoms with Crippen molar-refractivity contribution in [2.45, 2.75) is 12.5 Å². The van der Waals surface area contributed by atoms with E-state index < -0.39 is 0 Å². The average molecular weight is 316 g/mol. The molecule has 0 aromatic heterocycles. The zero-order valence-corrected chi connectivity index (χ0v) is 13.8. The molecule has 0 amide bonds. The summed E-state index contributed by atoms with van der Waals surface area (Å²) < 4.78 is 11.0. The molecule has 124 valence electrons. The van der Waals surface area contributed by atoms with Crippen LogP contribution in [0.4, 0.5) is 0 Å². The summed E-state index contributed by atoms with van der Waals surface area (Å²) in [7, 11) is 5.26. The van der Waals surface area contributed by atoms with Crippen LogP contribution < -0.4 is 26.1 Å². The van der Waals surface area contributed by atoms with Crippen molar-refractivity contribution in [2.75, 3.05) is 27.8 Å². The number of ether oxygens (including phenoxy) is 2. The lowest BCUT2D eigenvalue weighted by Gasteiger charge is -2.18. The van der Waals surface area contributed by atoms with Crippen LogP contribution in [0.1, 0.15) is 18.0 Å². The molecule has 0 bridgehead atoms. The van der Waals surface area contributed by atoms with E-state index >= 15 is 0 Å². The first-order chi connectivity index (χ1) is 11.2. The van der Waals surface area contributed by atoms with Crippen molar-refractivity contribution in [3.8, 4) is 11.5 Å². The predicted octanol–water partition coefficient (Wildman–Crippen LogP) is 2.00. The molecule has 6 nitrogen and oxygen atoms in total. The number of methoxy groups -OCH3 is 2. The van der Waals surface area contributed by atoms with Crippen molar-refractivity contribution in [2.24, 2.45) is 10.8 Å². The number of nitrogens with two attached hydrogens (primary N) is 1. The Labute approximate surface area is 136 Å². The third kappa shape index (κ3) is 3.91. The number of hydrogen-bond acceptors (Lipinski definition) is 5. The maximum Gasteiger partial charge on any atom is 0.126 e. The van der Waals surface area contributed by atoms with Gasteiger partial charge in [-0.1, -0.05) is 12.1 Å². The Bertz CT molecular complexity index is 673. The summed E-state index contributed by atoms with van der Waals surface area (Å²) in [6.45, 7) is 0.839. The summed E-state index contributed by atoms with van der Waals surface area (Å²) in [5.74, 6) is 6.93. The van der Waals surface area contributed by atoms with E-state index in [2.05, 4.69) is 27.9 Å². The lowest BCUT2D eigenvalue weighted by Crippen LogP contribution is -2.20. The van der Waals surface area contributed by atoms with E-state index in [1.165, 1.54) is 6.34 Å². The number of hydrogen-bond donors (Lipinski definition) is 3. The summed E-state index contributed by atoms with van der Waals surface area (Å²) in [4.78, 5) is 4.50. The van der Waals surface area contributed by atoms with Crippen molar-refractivity contribution in [3.05, 3.63) is 35.9 Å². The standard InChI is InChI=1S/C17H24N4O2/c1-19-8-7-15(20-11-21-18)14-9-12-5-4-6-16(22-2)13(12)10-17(14)23-3/h4-6,9-11,15,19H,7-8,18H2,1-3H3,(H,20,21). The molecule has 2 aromatic rings. The Morgan fingerprint density at radius 3 is 2.65 bits per heavy atom. The Kier molecular flexibility index (Phi) is 6.19. The third-order valence-electron chi connectivity index (χ3n) is 3.77. The van der Waals surface area contributed by atoms with Crippen LogP contribution in [0, 0.1) is 0 Å². The van der Waals surface area contributed by atoms with Crippen LogP contribution in [0.2, 0.25) is 0 Å². The van der Waals surface area contributed by atoms with Crippen molar-refractivity contribution >= 4 is 17.1 Å². The van der Waals surface area contributed by atoms with Crippen molar-refractivity contribution < 1.29 is 9.47 Å². The van der Waals surface area contributed by atoms with Gasteiger partial charge in [0.1, 0.15) is 11.5 Å². The van der Waals surface area contributed by atoms with Gasteiger partial charge in [0, 0.05) is 10.9 Å². The highest BCUT2D eigenvalue weighted by atomic mass is 16.5. The van der Waals surface area contributed by atoms with Crippen molar-refractivity contribution in [1.82, 2.24) is 10.7 Å². The first-order valence-electron chi connectivity index (χ1n) is 7.52. The molecule has 23 heavy (non-hydrogen) atoms. The lowest BCUT2D eigenvalue weighted by atomic mass is 9.98. The number of rotatable bonds is 8. The molecule has 4 N–H and O–H groups in total. The average Bonchev–Trinajstić information content (AvgIpc) is 2.60. The second-order valence-electron chi connectivity index (χ2n) is 5.13. The van der Waals surface area contributed by atoms with Gasteiger partial charge in [0.15, 0.2) is 0 Å². The normalized spacial score (nSPS) is 12.5. The maximum absolute atomic E-state index is 5.59. The molecule has 0 spiro atoms. The summed E-state index contributed by atoms with van der Waals surface area (Å²) in [5.41, 5.74) is 3.49. The number of fused-ring (bicyclic) bond motifs is 1. The molecule has 1 unspecified atom stereocenters. The van der Waals surface area contributed by atoms with Gasteiger partial charge in [-0.25, -0.2) is 5.84 Å². The van der Waals surface area contributed by atoms with Gasteiger partial charge in [0.25, 0.3) is 0 Å². The molecule has 0 radical (unpaired) electrons. The molecule has 0 aliphatic carbocycles. The molecular formula is C17H24N4O2. The second-order valence-corrected chi connectivity index (χ2v) is 5.13. The van der Waals surface area contributed by atoms with Crippen LogP contribution in [0.15, 0.2) is 35.3 Å². The number of benzene rings is 2. The summed E-state index contributed by atoms with van der Waals surface area (Å²) in [6, 6.07) is 10.0. The molecular weight excluding hydrogens is 292 g/mol. The van der Waals surface area contributed by atoms with Gasteiger partial charge >= 0.3 is 0 Å². The van der Waals surface area contributed by atoms with E-state index in [4.69, 9.17) is 15.3 Å². The Morgan fingerprint density at radius 2 is 2.00 bits per heavy atom. The van der Waals surface area contributed by atoms with E-state index in [9.17, 15) is 0 Å². The van der Waals surface area contributed by atoms with Crippen LogP contribution in [-0.4, -0.2) is 34.2 Å². The van der Waals surface area contributed by atoms with Gasteiger partial charge in [-0.3, -0.25) is 4.99 Å². The fourth-order valence-corrected chi connectivity index (χ4v) is 2.63. The van der Waals surface area contributed by atoms with E-state index in [0.717, 1.165) is 40.8 Å². The van der Waals surface area contributed by atoms with Crippen LogP contribution in [0.25, 0.3) is 10.8 Å². The number of aliphatic imine (C=N–C) groups is 1. The molecule has 6 heteroatoms. The Balaban J connectivity index is 2.54. The van der Waals surface area contributed by atoms with E-state index in [1.54, 1.807) is 14.2 Å². The largest absolute Gasteiger partial charge is 0.496 e. The van der Waals surface area contributed by atoms with Gasteiger partial charge in [0.2, 0.25) is 0 Å². The minimum atomic E-state index is -0.0518. The van der Waals surface area contributed by atoms with E-state index in [-0.39, 0.29) is 6.04 Å². The monoisotopic (exact) mass is 316 g/mol. The second kappa shape index (κ2) is 8.36. The molecule has 0 saturated carbocycles. The molecule has 2 aromatic carbocycles. The number of nitrogens with one attached hydrogen (secondary N) is 2. The van der Waals surface area contributed by atoms with Crippen molar-refractivity contribution in [3.63, 3.8) is 0 Å².